The summed E-state index contributed by atoms with van der Waals surface area (Å²) in [4.78, 5) is 16.7. The van der Waals surface area contributed by atoms with Gasteiger partial charge in [0.25, 0.3) is 5.91 Å². The van der Waals surface area contributed by atoms with E-state index in [2.05, 4.69) is 27.5 Å². The lowest BCUT2D eigenvalue weighted by molar-refractivity contribution is 0.0951. The molecular weight excluding hydrogens is 360 g/mol. The summed E-state index contributed by atoms with van der Waals surface area (Å²) in [5.74, 6) is -0.118. The van der Waals surface area contributed by atoms with Gasteiger partial charge in [0, 0.05) is 29.9 Å². The SMILES string of the molecule is O=C(NCc1ccc(Cn2cccn2)cc1)c1ccc2nc(Cl)ccc2c1. The van der Waals surface area contributed by atoms with Crippen molar-refractivity contribution in [3.8, 4) is 0 Å². The number of rotatable bonds is 5. The zero-order chi connectivity index (χ0) is 18.6. The summed E-state index contributed by atoms with van der Waals surface area (Å²) >= 11 is 5.89. The van der Waals surface area contributed by atoms with Gasteiger partial charge in [-0.15, -0.1) is 0 Å². The zero-order valence-corrected chi connectivity index (χ0v) is 15.2. The quantitative estimate of drug-likeness (QED) is 0.534. The fraction of sp³-hybridized carbons (Fsp3) is 0.0952. The first kappa shape index (κ1) is 17.2. The molecule has 27 heavy (non-hydrogen) atoms. The Morgan fingerprint density at radius 1 is 1.04 bits per heavy atom. The third kappa shape index (κ3) is 4.15. The molecule has 0 aliphatic heterocycles. The van der Waals surface area contributed by atoms with E-state index >= 15 is 0 Å². The fourth-order valence-electron chi connectivity index (χ4n) is 2.87. The standard InChI is InChI=1S/C21H17ClN4O/c22-20-9-7-17-12-18(6-8-19(17)25-20)21(27)23-13-15-2-4-16(5-3-15)14-26-11-1-10-24-26/h1-12H,13-14H2,(H,23,27). The number of nitrogens with one attached hydrogen (secondary N) is 1. The molecule has 0 saturated carbocycles. The number of carbonyl (C=O) groups excluding carboxylic acids is 1. The summed E-state index contributed by atoms with van der Waals surface area (Å²) in [6, 6.07) is 19.0. The lowest BCUT2D eigenvalue weighted by Gasteiger charge is -2.08. The minimum atomic E-state index is -0.118. The maximum absolute atomic E-state index is 12.4. The molecular formula is C21H17ClN4O. The molecule has 0 fully saturated rings. The third-order valence-electron chi connectivity index (χ3n) is 4.30. The van der Waals surface area contributed by atoms with Gasteiger partial charge in [-0.2, -0.15) is 5.10 Å². The largest absolute Gasteiger partial charge is 0.348 e. The van der Waals surface area contributed by atoms with Crippen LogP contribution in [0.1, 0.15) is 21.5 Å². The number of benzene rings is 2. The van der Waals surface area contributed by atoms with Crippen LogP contribution in [0.5, 0.6) is 0 Å². The Kier molecular flexibility index (Phi) is 4.85. The molecule has 5 nitrogen and oxygen atoms in total. The molecule has 2 heterocycles. The fourth-order valence-corrected chi connectivity index (χ4v) is 3.02. The van der Waals surface area contributed by atoms with Gasteiger partial charge < -0.3 is 5.32 Å². The van der Waals surface area contributed by atoms with Crippen LogP contribution in [0.3, 0.4) is 0 Å². The molecule has 6 heteroatoms. The highest BCUT2D eigenvalue weighted by Gasteiger charge is 2.07. The molecule has 0 aliphatic carbocycles. The summed E-state index contributed by atoms with van der Waals surface area (Å²) < 4.78 is 1.87. The highest BCUT2D eigenvalue weighted by Crippen LogP contribution is 2.17. The van der Waals surface area contributed by atoms with E-state index in [1.54, 1.807) is 24.4 Å². The molecule has 0 unspecified atom stereocenters. The predicted molar refractivity (Wildman–Crippen MR) is 106 cm³/mol. The maximum Gasteiger partial charge on any atom is 0.251 e. The van der Waals surface area contributed by atoms with Crippen LogP contribution in [0, 0.1) is 0 Å². The second-order valence-corrected chi connectivity index (χ2v) is 6.63. The van der Waals surface area contributed by atoms with Crippen molar-refractivity contribution >= 4 is 28.4 Å². The van der Waals surface area contributed by atoms with Crippen LogP contribution in [0.4, 0.5) is 0 Å². The van der Waals surface area contributed by atoms with E-state index in [4.69, 9.17) is 11.6 Å². The van der Waals surface area contributed by atoms with Crippen LogP contribution >= 0.6 is 11.6 Å². The summed E-state index contributed by atoms with van der Waals surface area (Å²) in [6.45, 7) is 1.20. The molecule has 4 rings (SSSR count). The second kappa shape index (κ2) is 7.60. The molecule has 134 valence electrons. The van der Waals surface area contributed by atoms with Crippen LogP contribution in [0.25, 0.3) is 10.9 Å². The number of hydrogen-bond donors (Lipinski definition) is 1. The van der Waals surface area contributed by atoms with Crippen molar-refractivity contribution in [3.05, 3.63) is 94.9 Å². The van der Waals surface area contributed by atoms with Gasteiger partial charge in [0.05, 0.1) is 12.1 Å². The first-order chi connectivity index (χ1) is 13.2. The van der Waals surface area contributed by atoms with Crippen LogP contribution in [-0.2, 0) is 13.1 Å². The van der Waals surface area contributed by atoms with Crippen LogP contribution < -0.4 is 5.32 Å². The second-order valence-electron chi connectivity index (χ2n) is 6.24. The van der Waals surface area contributed by atoms with Crippen LogP contribution in [-0.4, -0.2) is 20.7 Å². The topological polar surface area (TPSA) is 59.8 Å². The van der Waals surface area contributed by atoms with E-state index in [0.717, 1.165) is 28.6 Å². The van der Waals surface area contributed by atoms with Gasteiger partial charge in [-0.3, -0.25) is 9.48 Å². The Balaban J connectivity index is 1.39. The van der Waals surface area contributed by atoms with Gasteiger partial charge in [0.15, 0.2) is 0 Å². The predicted octanol–water partition coefficient (Wildman–Crippen LogP) is 4.06. The molecule has 2 aromatic heterocycles. The van der Waals surface area contributed by atoms with Gasteiger partial charge >= 0.3 is 0 Å². The van der Waals surface area contributed by atoms with E-state index in [-0.39, 0.29) is 5.91 Å². The Morgan fingerprint density at radius 3 is 2.63 bits per heavy atom. The van der Waals surface area contributed by atoms with E-state index in [1.165, 1.54) is 0 Å². The van der Waals surface area contributed by atoms with Gasteiger partial charge in [-0.25, -0.2) is 4.98 Å². The Bertz CT molecular complexity index is 1080. The van der Waals surface area contributed by atoms with Gasteiger partial charge in [0.2, 0.25) is 0 Å². The number of pyridine rings is 1. The van der Waals surface area contributed by atoms with Crippen molar-refractivity contribution in [3.63, 3.8) is 0 Å². The summed E-state index contributed by atoms with van der Waals surface area (Å²) in [5, 5.41) is 8.48. The van der Waals surface area contributed by atoms with Crippen molar-refractivity contribution in [1.82, 2.24) is 20.1 Å². The molecule has 0 bridgehead atoms. The minimum absolute atomic E-state index is 0.118. The summed E-state index contributed by atoms with van der Waals surface area (Å²) in [7, 11) is 0. The monoisotopic (exact) mass is 376 g/mol. The molecule has 0 saturated heterocycles. The molecule has 1 amide bonds. The van der Waals surface area contributed by atoms with Gasteiger partial charge in [0.1, 0.15) is 5.15 Å². The smallest absolute Gasteiger partial charge is 0.251 e. The van der Waals surface area contributed by atoms with Crippen molar-refractivity contribution in [2.24, 2.45) is 0 Å². The highest BCUT2D eigenvalue weighted by atomic mass is 35.5. The zero-order valence-electron chi connectivity index (χ0n) is 14.5. The lowest BCUT2D eigenvalue weighted by Crippen LogP contribution is -2.22. The Morgan fingerprint density at radius 2 is 1.85 bits per heavy atom. The highest BCUT2D eigenvalue weighted by molar-refractivity contribution is 6.29. The first-order valence-electron chi connectivity index (χ1n) is 8.57. The molecule has 0 atom stereocenters. The van der Waals surface area contributed by atoms with Crippen molar-refractivity contribution in [2.45, 2.75) is 13.1 Å². The number of aromatic nitrogens is 3. The number of amides is 1. The lowest BCUT2D eigenvalue weighted by atomic mass is 10.1. The average Bonchev–Trinajstić information content (AvgIpc) is 3.20. The maximum atomic E-state index is 12.4. The average molecular weight is 377 g/mol. The van der Waals surface area contributed by atoms with Gasteiger partial charge in [-0.1, -0.05) is 35.9 Å². The van der Waals surface area contributed by atoms with Crippen molar-refractivity contribution in [2.75, 3.05) is 0 Å². The molecule has 4 aromatic rings. The summed E-state index contributed by atoms with van der Waals surface area (Å²) in [5.41, 5.74) is 3.57. The molecule has 0 radical (unpaired) electrons. The van der Waals surface area contributed by atoms with Crippen molar-refractivity contribution < 1.29 is 4.79 Å². The normalized spacial score (nSPS) is 10.9. The number of halogens is 1. The Hall–Kier alpha value is -3.18. The molecule has 2 aromatic carbocycles. The minimum Gasteiger partial charge on any atom is -0.348 e. The molecule has 0 aliphatic rings. The van der Waals surface area contributed by atoms with Crippen molar-refractivity contribution in [1.29, 1.82) is 0 Å². The van der Waals surface area contributed by atoms with E-state index in [0.29, 0.717) is 17.3 Å². The number of carbonyl (C=O) groups is 1. The van der Waals surface area contributed by atoms with Crippen LogP contribution in [0.15, 0.2) is 73.1 Å². The summed E-state index contributed by atoms with van der Waals surface area (Å²) in [6.07, 6.45) is 3.70. The number of fused-ring (bicyclic) bond motifs is 1. The van der Waals surface area contributed by atoms with Crippen LogP contribution in [0.2, 0.25) is 5.15 Å². The Labute approximate surface area is 161 Å². The van der Waals surface area contributed by atoms with E-state index in [1.807, 2.05) is 41.2 Å². The van der Waals surface area contributed by atoms with E-state index < -0.39 is 0 Å². The molecule has 1 N–H and O–H groups in total. The van der Waals surface area contributed by atoms with E-state index in [9.17, 15) is 4.79 Å². The number of nitrogens with zero attached hydrogens (tertiary/aromatic N) is 3. The molecule has 0 spiro atoms. The first-order valence-corrected chi connectivity index (χ1v) is 8.95. The van der Waals surface area contributed by atoms with Gasteiger partial charge in [-0.05, 0) is 47.5 Å². The third-order valence-corrected chi connectivity index (χ3v) is 4.51. The number of hydrogen-bond acceptors (Lipinski definition) is 3.